The summed E-state index contributed by atoms with van der Waals surface area (Å²) in [6, 6.07) is 6.64. The normalized spacial score (nSPS) is 23.1. The average molecular weight is 458 g/mol. The van der Waals surface area contributed by atoms with Crippen LogP contribution < -0.4 is 15.1 Å². The number of fused-ring (bicyclic) bond motifs is 1. The number of carbonyl (C=O) groups excluding carboxylic acids is 2. The van der Waals surface area contributed by atoms with E-state index in [0.717, 1.165) is 43.1 Å². The lowest BCUT2D eigenvalue weighted by Crippen LogP contribution is -2.52. The summed E-state index contributed by atoms with van der Waals surface area (Å²) in [5, 5.41) is 3.71. The molecule has 7 nitrogen and oxygen atoms in total. The van der Waals surface area contributed by atoms with Crippen LogP contribution in [0.25, 0.3) is 0 Å². The number of benzene rings is 1. The highest BCUT2D eigenvalue weighted by Gasteiger charge is 2.36. The van der Waals surface area contributed by atoms with Gasteiger partial charge in [0.25, 0.3) is 0 Å². The van der Waals surface area contributed by atoms with Gasteiger partial charge in [0.1, 0.15) is 6.10 Å². The average Bonchev–Trinajstić information content (AvgIpc) is 3.65. The highest BCUT2D eigenvalue weighted by molar-refractivity contribution is 6.02. The van der Waals surface area contributed by atoms with E-state index in [1.165, 1.54) is 18.4 Å². The number of nitrogens with one attached hydrogen (secondary N) is 1. The van der Waals surface area contributed by atoms with E-state index in [0.29, 0.717) is 31.7 Å². The molecule has 2 amide bonds. The largest absolute Gasteiger partial charge is 0.446 e. The zero-order chi connectivity index (χ0) is 23.5. The molecule has 182 valence electrons. The molecule has 2 heterocycles. The molecule has 3 unspecified atom stereocenters. The quantitative estimate of drug-likeness (QED) is 0.655. The summed E-state index contributed by atoms with van der Waals surface area (Å²) in [6.45, 7) is 10.6. The van der Waals surface area contributed by atoms with Crippen LogP contribution >= 0.6 is 0 Å². The second-order valence-corrected chi connectivity index (χ2v) is 9.93. The van der Waals surface area contributed by atoms with Gasteiger partial charge >= 0.3 is 6.09 Å². The first-order valence-electron chi connectivity index (χ1n) is 12.6. The predicted molar refractivity (Wildman–Crippen MR) is 130 cm³/mol. The molecule has 1 saturated heterocycles. The molecular formula is C26H39N3O4. The molecule has 0 bridgehead atoms. The van der Waals surface area contributed by atoms with E-state index in [1.807, 2.05) is 13.0 Å². The predicted octanol–water partition coefficient (Wildman–Crippen LogP) is 4.45. The van der Waals surface area contributed by atoms with Crippen LogP contribution in [0.1, 0.15) is 71.3 Å². The first kappa shape index (κ1) is 24.0. The van der Waals surface area contributed by atoms with Crippen LogP contribution in [0.15, 0.2) is 18.2 Å². The topological polar surface area (TPSA) is 71.1 Å². The molecule has 7 heteroatoms. The fraction of sp³-hybridized carbons (Fsp3) is 0.692. The van der Waals surface area contributed by atoms with Gasteiger partial charge in [-0.2, -0.15) is 0 Å². The van der Waals surface area contributed by atoms with Gasteiger partial charge in [0.2, 0.25) is 5.91 Å². The summed E-state index contributed by atoms with van der Waals surface area (Å²) in [5.74, 6) is 1.14. The lowest BCUT2D eigenvalue weighted by atomic mass is 9.93. The Morgan fingerprint density at radius 1 is 1.18 bits per heavy atom. The van der Waals surface area contributed by atoms with Crippen LogP contribution in [-0.4, -0.2) is 56.5 Å². The van der Waals surface area contributed by atoms with E-state index in [4.69, 9.17) is 9.47 Å². The number of rotatable bonds is 7. The van der Waals surface area contributed by atoms with Crippen molar-refractivity contribution in [1.82, 2.24) is 5.32 Å². The van der Waals surface area contributed by atoms with Crippen LogP contribution in [0.3, 0.4) is 0 Å². The minimum absolute atomic E-state index is 0.0130. The van der Waals surface area contributed by atoms with Crippen LogP contribution in [0.2, 0.25) is 0 Å². The first-order chi connectivity index (χ1) is 15.9. The molecule has 1 aliphatic carbocycles. The molecule has 0 aromatic heterocycles. The van der Waals surface area contributed by atoms with Gasteiger partial charge in [-0.1, -0.05) is 13.0 Å². The number of carbonyl (C=O) groups is 2. The number of ether oxygens (including phenoxy) is 2. The van der Waals surface area contributed by atoms with E-state index in [1.54, 1.807) is 16.7 Å². The third-order valence-electron chi connectivity index (χ3n) is 7.41. The van der Waals surface area contributed by atoms with Gasteiger partial charge < -0.3 is 19.7 Å². The van der Waals surface area contributed by atoms with Crippen molar-refractivity contribution in [3.8, 4) is 0 Å². The van der Waals surface area contributed by atoms with Crippen molar-refractivity contribution >= 4 is 23.4 Å². The van der Waals surface area contributed by atoms with Gasteiger partial charge in [-0.25, -0.2) is 4.79 Å². The fourth-order valence-electron chi connectivity index (χ4n) is 5.14. The summed E-state index contributed by atoms with van der Waals surface area (Å²) < 4.78 is 11.3. The van der Waals surface area contributed by atoms with Crippen molar-refractivity contribution in [2.75, 3.05) is 36.1 Å². The van der Waals surface area contributed by atoms with E-state index >= 15 is 0 Å². The highest BCUT2D eigenvalue weighted by Crippen LogP contribution is 2.39. The number of nitrogens with zero attached hydrogens (tertiary/aromatic N) is 2. The van der Waals surface area contributed by atoms with Crippen LogP contribution in [0.4, 0.5) is 16.2 Å². The molecule has 3 aliphatic rings. The first-order valence-corrected chi connectivity index (χ1v) is 12.6. The van der Waals surface area contributed by atoms with E-state index in [2.05, 4.69) is 31.3 Å². The Kier molecular flexibility index (Phi) is 7.59. The van der Waals surface area contributed by atoms with Crippen molar-refractivity contribution in [1.29, 1.82) is 0 Å². The van der Waals surface area contributed by atoms with Gasteiger partial charge in [0.15, 0.2) is 0 Å². The van der Waals surface area contributed by atoms with Crippen molar-refractivity contribution in [3.05, 3.63) is 23.8 Å². The summed E-state index contributed by atoms with van der Waals surface area (Å²) in [5.41, 5.74) is 2.74. The Morgan fingerprint density at radius 3 is 2.55 bits per heavy atom. The number of amides is 2. The van der Waals surface area contributed by atoms with E-state index < -0.39 is 0 Å². The second-order valence-electron chi connectivity index (χ2n) is 9.93. The lowest BCUT2D eigenvalue weighted by Gasteiger charge is -2.41. The fourth-order valence-corrected chi connectivity index (χ4v) is 5.14. The Bertz CT molecular complexity index is 850. The van der Waals surface area contributed by atoms with Gasteiger partial charge in [-0.3, -0.25) is 9.69 Å². The zero-order valence-electron chi connectivity index (χ0n) is 20.5. The molecule has 2 aliphatic heterocycles. The van der Waals surface area contributed by atoms with Crippen molar-refractivity contribution in [2.24, 2.45) is 5.92 Å². The van der Waals surface area contributed by atoms with Gasteiger partial charge in [0, 0.05) is 38.9 Å². The molecule has 1 aromatic carbocycles. The Hall–Kier alpha value is -2.12. The summed E-state index contributed by atoms with van der Waals surface area (Å²) in [4.78, 5) is 29.2. The molecule has 1 N–H and O–H groups in total. The minimum atomic E-state index is -0.330. The van der Waals surface area contributed by atoms with Crippen LogP contribution in [-0.2, 0) is 14.3 Å². The smallest absolute Gasteiger partial charge is 0.414 e. The number of anilines is 2. The molecule has 33 heavy (non-hydrogen) atoms. The van der Waals surface area contributed by atoms with Gasteiger partial charge in [0.05, 0.1) is 30.6 Å². The molecule has 0 spiro atoms. The van der Waals surface area contributed by atoms with Crippen LogP contribution in [0, 0.1) is 5.92 Å². The van der Waals surface area contributed by atoms with E-state index in [-0.39, 0.29) is 24.1 Å². The Labute approximate surface area is 197 Å². The molecule has 0 radical (unpaired) electrons. The second kappa shape index (κ2) is 10.4. The lowest BCUT2D eigenvalue weighted by molar-refractivity contribution is -0.117. The maximum Gasteiger partial charge on any atom is 0.414 e. The van der Waals surface area contributed by atoms with Crippen LogP contribution in [0.5, 0.6) is 0 Å². The van der Waals surface area contributed by atoms with E-state index in [9.17, 15) is 9.59 Å². The number of hydrogen-bond donors (Lipinski definition) is 1. The Balaban J connectivity index is 1.58. The third-order valence-corrected chi connectivity index (χ3v) is 7.41. The standard InChI is InChI=1S/C26H39N3O4/c1-5-20(15-27-18(3)21-6-7-21)22-8-9-24-25(14-22)28(16-17(2)29(24)19(4)30)26(31)33-23-10-12-32-13-11-23/h8-9,14,17-18,20-21,23,27H,5-7,10-13,15-16H2,1-4H3. The van der Waals surface area contributed by atoms with Crippen molar-refractivity contribution in [2.45, 2.75) is 83.9 Å². The van der Waals surface area contributed by atoms with Gasteiger partial charge in [-0.15, -0.1) is 0 Å². The molecule has 3 atom stereocenters. The maximum absolute atomic E-state index is 13.2. The third kappa shape index (κ3) is 5.52. The zero-order valence-corrected chi connectivity index (χ0v) is 20.5. The van der Waals surface area contributed by atoms with Crippen molar-refractivity contribution < 1.29 is 19.1 Å². The number of hydrogen-bond acceptors (Lipinski definition) is 5. The molecule has 2 fully saturated rings. The summed E-state index contributed by atoms with van der Waals surface area (Å²) in [6.07, 6.45) is 4.66. The molecular weight excluding hydrogens is 418 g/mol. The highest BCUT2D eigenvalue weighted by atomic mass is 16.6. The molecule has 1 aromatic rings. The minimum Gasteiger partial charge on any atom is -0.446 e. The maximum atomic E-state index is 13.2. The summed E-state index contributed by atoms with van der Waals surface area (Å²) >= 11 is 0. The monoisotopic (exact) mass is 457 g/mol. The molecule has 1 saturated carbocycles. The van der Waals surface area contributed by atoms with Gasteiger partial charge in [-0.05, 0) is 62.6 Å². The SMILES string of the molecule is CCC(CNC(C)C1CC1)c1ccc2c(c1)N(C(=O)OC1CCOCC1)CC(C)N2C(C)=O. The summed E-state index contributed by atoms with van der Waals surface area (Å²) in [7, 11) is 0. The Morgan fingerprint density at radius 2 is 1.91 bits per heavy atom. The molecule has 4 rings (SSSR count). The van der Waals surface area contributed by atoms with Crippen molar-refractivity contribution in [3.63, 3.8) is 0 Å².